The Morgan fingerprint density at radius 1 is 1.17 bits per heavy atom. The molecule has 0 saturated carbocycles. The number of hydrogen-bond donors (Lipinski definition) is 0. The van der Waals surface area contributed by atoms with E-state index in [9.17, 15) is 13.2 Å². The quantitative estimate of drug-likeness (QED) is 0.737. The van der Waals surface area contributed by atoms with Crippen molar-refractivity contribution in [3.05, 3.63) is 47.2 Å². The number of hydrogen-bond acceptors (Lipinski definition) is 5. The summed E-state index contributed by atoms with van der Waals surface area (Å²) in [5, 5.41) is 0.711. The maximum atomic E-state index is 13.4. The Labute approximate surface area is 140 Å². The highest BCUT2D eigenvalue weighted by molar-refractivity contribution is 7.97. The van der Waals surface area contributed by atoms with Crippen molar-refractivity contribution >= 4 is 23.5 Å². The van der Waals surface area contributed by atoms with Crippen LogP contribution >= 0.6 is 23.5 Å². The third kappa shape index (κ3) is 4.73. The fourth-order valence-electron chi connectivity index (χ4n) is 1.91. The molecule has 0 aliphatic heterocycles. The Balaban J connectivity index is 2.22. The average molecular weight is 364 g/mol. The molecule has 1 heterocycles. The second kappa shape index (κ2) is 7.37. The van der Waals surface area contributed by atoms with E-state index in [4.69, 9.17) is 16.3 Å². The van der Waals surface area contributed by atoms with Crippen LogP contribution < -0.4 is 4.74 Å². The van der Waals surface area contributed by atoms with Crippen LogP contribution in [0.4, 0.5) is 13.2 Å². The third-order valence-corrected chi connectivity index (χ3v) is 4.06. The molecule has 0 amide bonds. The van der Waals surface area contributed by atoms with Crippen LogP contribution in [0.15, 0.2) is 41.7 Å². The Hall–Kier alpha value is -1.51. The maximum absolute atomic E-state index is 13.4. The summed E-state index contributed by atoms with van der Waals surface area (Å²) in [5.74, 6) is 0.294. The van der Waals surface area contributed by atoms with Crippen molar-refractivity contribution < 1.29 is 17.9 Å². The molecule has 23 heavy (non-hydrogen) atoms. The van der Waals surface area contributed by atoms with Crippen molar-refractivity contribution in [3.63, 3.8) is 0 Å². The van der Waals surface area contributed by atoms with Crippen molar-refractivity contribution in [1.82, 2.24) is 14.3 Å². The molecular formula is C14H13ClF3N3OS. The van der Waals surface area contributed by atoms with Gasteiger partial charge in [0.05, 0.1) is 19.5 Å². The standard InChI is InChI=1S/C14H13ClF3N3OS/c1-21(23-12-8-19-11(22-2)7-20-12)13(14(16,17)18)9-3-5-10(15)6-4-9/h3-8,13H,1-2H3/t13-/m1/s1. The average Bonchev–Trinajstić information content (AvgIpc) is 2.49. The molecule has 0 bridgehead atoms. The fourth-order valence-corrected chi connectivity index (χ4v) is 2.87. The van der Waals surface area contributed by atoms with Gasteiger partial charge in [-0.3, -0.25) is 0 Å². The minimum Gasteiger partial charge on any atom is -0.480 e. The van der Waals surface area contributed by atoms with Gasteiger partial charge in [-0.2, -0.15) is 13.2 Å². The van der Waals surface area contributed by atoms with Gasteiger partial charge in [0.2, 0.25) is 5.88 Å². The third-order valence-electron chi connectivity index (χ3n) is 2.91. The van der Waals surface area contributed by atoms with Gasteiger partial charge in [0.15, 0.2) is 0 Å². The predicted octanol–water partition coefficient (Wildman–Crippen LogP) is 4.38. The lowest BCUT2D eigenvalue weighted by molar-refractivity contribution is -0.169. The highest BCUT2D eigenvalue weighted by Gasteiger charge is 2.44. The molecule has 1 aromatic carbocycles. The summed E-state index contributed by atoms with van der Waals surface area (Å²) < 4.78 is 46.3. The molecule has 9 heteroatoms. The molecule has 0 saturated heterocycles. The van der Waals surface area contributed by atoms with Crippen LogP contribution in [0, 0.1) is 0 Å². The smallest absolute Gasteiger partial charge is 0.408 e. The van der Waals surface area contributed by atoms with Gasteiger partial charge in [-0.25, -0.2) is 14.3 Å². The van der Waals surface area contributed by atoms with Gasteiger partial charge in [0.1, 0.15) is 11.1 Å². The van der Waals surface area contributed by atoms with E-state index >= 15 is 0 Å². The van der Waals surface area contributed by atoms with E-state index in [1.54, 1.807) is 0 Å². The van der Waals surface area contributed by atoms with Crippen molar-refractivity contribution in [1.29, 1.82) is 0 Å². The fraction of sp³-hybridized carbons (Fsp3) is 0.286. The van der Waals surface area contributed by atoms with Crippen LogP contribution in [0.2, 0.25) is 5.02 Å². The summed E-state index contributed by atoms with van der Waals surface area (Å²) in [5.41, 5.74) is 0.0957. The zero-order valence-electron chi connectivity index (χ0n) is 12.2. The molecule has 0 aliphatic rings. The van der Waals surface area contributed by atoms with Gasteiger partial charge >= 0.3 is 6.18 Å². The number of nitrogens with zero attached hydrogens (tertiary/aromatic N) is 3. The Morgan fingerprint density at radius 3 is 2.30 bits per heavy atom. The molecule has 0 N–H and O–H groups in total. The molecule has 0 spiro atoms. The molecule has 4 nitrogen and oxygen atoms in total. The minimum absolute atomic E-state index is 0.0957. The van der Waals surface area contributed by atoms with Crippen LogP contribution in [0.3, 0.4) is 0 Å². The predicted molar refractivity (Wildman–Crippen MR) is 82.5 cm³/mol. The summed E-state index contributed by atoms with van der Waals surface area (Å²) in [4.78, 5) is 7.93. The van der Waals surface area contributed by atoms with Crippen LogP contribution in [0.1, 0.15) is 11.6 Å². The number of methoxy groups -OCH3 is 1. The Bertz CT molecular complexity index is 637. The number of alkyl halides is 3. The van der Waals surface area contributed by atoms with E-state index in [1.165, 1.54) is 50.8 Å². The van der Waals surface area contributed by atoms with E-state index in [0.717, 1.165) is 16.3 Å². The summed E-state index contributed by atoms with van der Waals surface area (Å²) in [6, 6.07) is 3.78. The molecule has 1 aromatic heterocycles. The highest BCUT2D eigenvalue weighted by atomic mass is 35.5. The molecule has 124 valence electrons. The summed E-state index contributed by atoms with van der Waals surface area (Å²) in [6.45, 7) is 0. The van der Waals surface area contributed by atoms with Gasteiger partial charge in [-0.15, -0.1) is 0 Å². The molecule has 0 radical (unpaired) electrons. The monoisotopic (exact) mass is 363 g/mol. The first-order chi connectivity index (χ1) is 10.8. The second-order valence-electron chi connectivity index (χ2n) is 4.53. The maximum Gasteiger partial charge on any atom is 0.408 e. The SMILES string of the molecule is COc1cnc(SN(C)[C@H](c2ccc(Cl)cc2)C(F)(F)F)cn1. The van der Waals surface area contributed by atoms with Crippen molar-refractivity contribution in [2.24, 2.45) is 0 Å². The van der Waals surface area contributed by atoms with E-state index in [0.29, 0.717) is 15.9 Å². The number of aromatic nitrogens is 2. The largest absolute Gasteiger partial charge is 0.480 e. The number of halogens is 4. The summed E-state index contributed by atoms with van der Waals surface area (Å²) in [7, 11) is 2.78. The zero-order chi connectivity index (χ0) is 17.0. The van der Waals surface area contributed by atoms with Gasteiger partial charge in [0, 0.05) is 5.02 Å². The van der Waals surface area contributed by atoms with Gasteiger partial charge in [-0.1, -0.05) is 23.7 Å². The first-order valence-electron chi connectivity index (χ1n) is 6.40. The highest BCUT2D eigenvalue weighted by Crippen LogP contribution is 2.41. The van der Waals surface area contributed by atoms with E-state index < -0.39 is 12.2 Å². The van der Waals surface area contributed by atoms with Crippen molar-refractivity contribution in [3.8, 4) is 5.88 Å². The second-order valence-corrected chi connectivity index (χ2v) is 6.14. The molecule has 1 atom stereocenters. The first kappa shape index (κ1) is 17.8. The van der Waals surface area contributed by atoms with Crippen LogP contribution in [0.5, 0.6) is 5.88 Å². The van der Waals surface area contributed by atoms with Gasteiger partial charge < -0.3 is 4.74 Å². The lowest BCUT2D eigenvalue weighted by atomic mass is 10.1. The van der Waals surface area contributed by atoms with Gasteiger partial charge in [0.25, 0.3) is 0 Å². The molecule has 0 unspecified atom stereocenters. The zero-order valence-corrected chi connectivity index (χ0v) is 13.8. The number of rotatable bonds is 5. The molecular weight excluding hydrogens is 351 g/mol. The van der Waals surface area contributed by atoms with E-state index in [2.05, 4.69) is 9.97 Å². The Morgan fingerprint density at radius 2 is 1.83 bits per heavy atom. The van der Waals surface area contributed by atoms with Gasteiger partial charge in [-0.05, 0) is 36.7 Å². The summed E-state index contributed by atoms with van der Waals surface area (Å²) in [6.07, 6.45) is -1.74. The van der Waals surface area contributed by atoms with Crippen LogP contribution in [-0.2, 0) is 0 Å². The molecule has 0 fully saturated rings. The molecule has 2 aromatic rings. The van der Waals surface area contributed by atoms with Crippen molar-refractivity contribution in [2.45, 2.75) is 17.2 Å². The topological polar surface area (TPSA) is 38.2 Å². The lowest BCUT2D eigenvalue weighted by Crippen LogP contribution is -2.32. The van der Waals surface area contributed by atoms with Crippen molar-refractivity contribution in [2.75, 3.05) is 14.2 Å². The summed E-state index contributed by atoms with van der Waals surface area (Å²) >= 11 is 6.59. The Kier molecular flexibility index (Phi) is 5.72. The normalized spacial score (nSPS) is 13.2. The first-order valence-corrected chi connectivity index (χ1v) is 7.55. The lowest BCUT2D eigenvalue weighted by Gasteiger charge is -2.28. The van der Waals surface area contributed by atoms with E-state index in [1.807, 2.05) is 0 Å². The van der Waals surface area contributed by atoms with Crippen LogP contribution in [-0.4, -0.2) is 34.6 Å². The molecule has 2 rings (SSSR count). The van der Waals surface area contributed by atoms with E-state index in [-0.39, 0.29) is 5.56 Å². The minimum atomic E-state index is -4.45. The number of ether oxygens (including phenoxy) is 1. The number of benzene rings is 1. The molecule has 0 aliphatic carbocycles. The van der Waals surface area contributed by atoms with Crippen LogP contribution in [0.25, 0.3) is 0 Å².